The normalized spacial score (nSPS) is 17.5. The molecule has 1 heterocycles. The van der Waals surface area contributed by atoms with Gasteiger partial charge >= 0.3 is 0 Å². The SMILES string of the molecule is Cc1nc(CNCCOC2CCCCC2)no1. The minimum atomic E-state index is 0.484. The molecular formula is C12H21N3O2. The zero-order chi connectivity index (χ0) is 11.9. The number of aryl methyl sites for hydroxylation is 1. The molecule has 17 heavy (non-hydrogen) atoms. The first-order valence-electron chi connectivity index (χ1n) is 6.46. The number of aromatic nitrogens is 2. The van der Waals surface area contributed by atoms with Crippen molar-refractivity contribution >= 4 is 0 Å². The molecule has 0 unspecified atom stereocenters. The van der Waals surface area contributed by atoms with E-state index in [0.717, 1.165) is 13.2 Å². The van der Waals surface area contributed by atoms with Gasteiger partial charge in [0.2, 0.25) is 5.89 Å². The molecule has 0 spiro atoms. The average Bonchev–Trinajstić information content (AvgIpc) is 2.76. The lowest BCUT2D eigenvalue weighted by Gasteiger charge is -2.21. The van der Waals surface area contributed by atoms with Crippen LogP contribution < -0.4 is 5.32 Å². The van der Waals surface area contributed by atoms with Crippen LogP contribution in [0.15, 0.2) is 4.52 Å². The van der Waals surface area contributed by atoms with Gasteiger partial charge in [0.15, 0.2) is 5.82 Å². The fourth-order valence-electron chi connectivity index (χ4n) is 2.14. The zero-order valence-electron chi connectivity index (χ0n) is 10.4. The monoisotopic (exact) mass is 239 g/mol. The van der Waals surface area contributed by atoms with Crippen molar-refractivity contribution in [3.8, 4) is 0 Å². The summed E-state index contributed by atoms with van der Waals surface area (Å²) < 4.78 is 10.7. The molecule has 0 aromatic carbocycles. The fourth-order valence-corrected chi connectivity index (χ4v) is 2.14. The van der Waals surface area contributed by atoms with Crippen molar-refractivity contribution in [1.29, 1.82) is 0 Å². The second-order valence-corrected chi connectivity index (χ2v) is 4.54. The molecule has 5 heteroatoms. The maximum atomic E-state index is 5.80. The molecule has 0 amide bonds. The van der Waals surface area contributed by atoms with Crippen LogP contribution in [0.4, 0.5) is 0 Å². The van der Waals surface area contributed by atoms with Crippen LogP contribution in [0.3, 0.4) is 0 Å². The smallest absolute Gasteiger partial charge is 0.223 e. The molecule has 0 atom stereocenters. The van der Waals surface area contributed by atoms with E-state index >= 15 is 0 Å². The van der Waals surface area contributed by atoms with Crippen LogP contribution in [0.25, 0.3) is 0 Å². The van der Waals surface area contributed by atoms with E-state index in [1.807, 2.05) is 0 Å². The van der Waals surface area contributed by atoms with Crippen LogP contribution in [0.2, 0.25) is 0 Å². The third-order valence-corrected chi connectivity index (χ3v) is 3.04. The molecule has 0 saturated heterocycles. The van der Waals surface area contributed by atoms with Crippen LogP contribution in [0, 0.1) is 6.92 Å². The van der Waals surface area contributed by atoms with E-state index in [1.54, 1.807) is 6.92 Å². The Morgan fingerprint density at radius 2 is 2.18 bits per heavy atom. The van der Waals surface area contributed by atoms with Crippen LogP contribution in [-0.4, -0.2) is 29.4 Å². The van der Waals surface area contributed by atoms with Gasteiger partial charge in [-0.05, 0) is 12.8 Å². The first-order chi connectivity index (χ1) is 8.34. The highest BCUT2D eigenvalue weighted by Gasteiger charge is 2.12. The summed E-state index contributed by atoms with van der Waals surface area (Å²) in [6.07, 6.45) is 6.95. The molecule has 1 aliphatic rings. The van der Waals surface area contributed by atoms with Crippen molar-refractivity contribution < 1.29 is 9.26 Å². The minimum absolute atomic E-state index is 0.484. The predicted octanol–water partition coefficient (Wildman–Crippen LogP) is 1.82. The minimum Gasteiger partial charge on any atom is -0.377 e. The van der Waals surface area contributed by atoms with Crippen LogP contribution in [0.5, 0.6) is 0 Å². The van der Waals surface area contributed by atoms with Crippen LogP contribution >= 0.6 is 0 Å². The third kappa shape index (κ3) is 4.44. The van der Waals surface area contributed by atoms with Crippen molar-refractivity contribution in [3.05, 3.63) is 11.7 Å². The van der Waals surface area contributed by atoms with Crippen molar-refractivity contribution in [2.24, 2.45) is 0 Å². The van der Waals surface area contributed by atoms with Crippen LogP contribution in [-0.2, 0) is 11.3 Å². The van der Waals surface area contributed by atoms with Gasteiger partial charge in [0.05, 0.1) is 19.3 Å². The van der Waals surface area contributed by atoms with Gasteiger partial charge in [-0.3, -0.25) is 0 Å². The Balaban J connectivity index is 1.51. The lowest BCUT2D eigenvalue weighted by molar-refractivity contribution is 0.0301. The highest BCUT2D eigenvalue weighted by molar-refractivity contribution is 4.82. The first kappa shape index (κ1) is 12.5. The van der Waals surface area contributed by atoms with E-state index in [0.29, 0.717) is 24.4 Å². The number of rotatable bonds is 6. The van der Waals surface area contributed by atoms with Crippen molar-refractivity contribution in [2.75, 3.05) is 13.2 Å². The third-order valence-electron chi connectivity index (χ3n) is 3.04. The maximum absolute atomic E-state index is 5.80. The van der Waals surface area contributed by atoms with E-state index in [4.69, 9.17) is 9.26 Å². The highest BCUT2D eigenvalue weighted by Crippen LogP contribution is 2.19. The summed E-state index contributed by atoms with van der Waals surface area (Å²) in [5.74, 6) is 1.32. The first-order valence-corrected chi connectivity index (χ1v) is 6.46. The van der Waals surface area contributed by atoms with Gasteiger partial charge < -0.3 is 14.6 Å². The fraction of sp³-hybridized carbons (Fsp3) is 0.833. The molecule has 1 aromatic heterocycles. The van der Waals surface area contributed by atoms with E-state index < -0.39 is 0 Å². The Hall–Kier alpha value is -0.940. The summed E-state index contributed by atoms with van der Waals surface area (Å²) >= 11 is 0. The molecule has 2 rings (SSSR count). The molecule has 1 saturated carbocycles. The Morgan fingerprint density at radius 3 is 2.88 bits per heavy atom. The molecule has 1 N–H and O–H groups in total. The van der Waals surface area contributed by atoms with E-state index in [1.165, 1.54) is 32.1 Å². The quantitative estimate of drug-likeness (QED) is 0.767. The highest BCUT2D eigenvalue weighted by atomic mass is 16.5. The number of hydrogen-bond acceptors (Lipinski definition) is 5. The molecule has 0 bridgehead atoms. The second-order valence-electron chi connectivity index (χ2n) is 4.54. The largest absolute Gasteiger partial charge is 0.377 e. The summed E-state index contributed by atoms with van der Waals surface area (Å²) in [7, 11) is 0. The molecule has 1 fully saturated rings. The average molecular weight is 239 g/mol. The molecule has 1 aliphatic carbocycles. The Morgan fingerprint density at radius 1 is 1.35 bits per heavy atom. The molecule has 5 nitrogen and oxygen atoms in total. The van der Waals surface area contributed by atoms with Crippen molar-refractivity contribution in [3.63, 3.8) is 0 Å². The van der Waals surface area contributed by atoms with Gasteiger partial charge in [0, 0.05) is 13.5 Å². The molecule has 96 valence electrons. The van der Waals surface area contributed by atoms with Crippen molar-refractivity contribution in [1.82, 2.24) is 15.5 Å². The summed E-state index contributed by atoms with van der Waals surface area (Å²) in [6.45, 7) is 4.04. The van der Waals surface area contributed by atoms with E-state index in [2.05, 4.69) is 15.5 Å². The van der Waals surface area contributed by atoms with Crippen molar-refractivity contribution in [2.45, 2.75) is 51.7 Å². The number of hydrogen-bond donors (Lipinski definition) is 1. The topological polar surface area (TPSA) is 60.2 Å². The van der Waals surface area contributed by atoms with Gasteiger partial charge in [0.1, 0.15) is 0 Å². The van der Waals surface area contributed by atoms with E-state index in [9.17, 15) is 0 Å². The van der Waals surface area contributed by atoms with Gasteiger partial charge in [-0.15, -0.1) is 0 Å². The molecule has 0 radical (unpaired) electrons. The van der Waals surface area contributed by atoms with Crippen LogP contribution in [0.1, 0.15) is 43.8 Å². The number of ether oxygens (including phenoxy) is 1. The predicted molar refractivity (Wildman–Crippen MR) is 63.6 cm³/mol. The second kappa shape index (κ2) is 6.71. The molecule has 1 aromatic rings. The Bertz CT molecular complexity index is 321. The number of nitrogens with one attached hydrogen (secondary N) is 1. The zero-order valence-corrected chi connectivity index (χ0v) is 10.4. The van der Waals surface area contributed by atoms with Gasteiger partial charge in [-0.2, -0.15) is 4.98 Å². The van der Waals surface area contributed by atoms with Gasteiger partial charge in [-0.25, -0.2) is 0 Å². The molecule has 0 aliphatic heterocycles. The Kier molecular flexibility index (Phi) is 4.94. The summed E-state index contributed by atoms with van der Waals surface area (Å²) in [5, 5.41) is 7.06. The van der Waals surface area contributed by atoms with Gasteiger partial charge in [0.25, 0.3) is 0 Å². The summed E-state index contributed by atoms with van der Waals surface area (Å²) in [5.41, 5.74) is 0. The lowest BCUT2D eigenvalue weighted by Crippen LogP contribution is -2.24. The standard InChI is InChI=1S/C12H21N3O2/c1-10-14-12(15-17-10)9-13-7-8-16-11-5-3-2-4-6-11/h11,13H,2-9H2,1H3. The Labute approximate surface area is 102 Å². The summed E-state index contributed by atoms with van der Waals surface area (Å²) in [4.78, 5) is 4.12. The summed E-state index contributed by atoms with van der Waals surface area (Å²) in [6, 6.07) is 0. The lowest BCUT2D eigenvalue weighted by atomic mass is 9.98. The molecular weight excluding hydrogens is 218 g/mol. The maximum Gasteiger partial charge on any atom is 0.223 e. The van der Waals surface area contributed by atoms with E-state index in [-0.39, 0.29) is 0 Å². The van der Waals surface area contributed by atoms with Gasteiger partial charge in [-0.1, -0.05) is 24.4 Å². The number of nitrogens with zero attached hydrogens (tertiary/aromatic N) is 2.